The molecule has 0 bridgehead atoms. The van der Waals surface area contributed by atoms with Crippen molar-refractivity contribution in [1.29, 1.82) is 0 Å². The fourth-order valence-corrected chi connectivity index (χ4v) is 2.17. The van der Waals surface area contributed by atoms with Crippen LogP contribution in [0.4, 0.5) is 0 Å². The molecule has 0 atom stereocenters. The zero-order valence-corrected chi connectivity index (χ0v) is 12.6. The van der Waals surface area contributed by atoms with Crippen molar-refractivity contribution in [1.82, 2.24) is 5.32 Å². The summed E-state index contributed by atoms with van der Waals surface area (Å²) < 4.78 is 5.39. The van der Waals surface area contributed by atoms with E-state index in [1.807, 2.05) is 13.8 Å². The van der Waals surface area contributed by atoms with Crippen LogP contribution in [0.15, 0.2) is 0 Å². The third-order valence-electron chi connectivity index (χ3n) is 3.29. The SMILES string of the molecule is CCCCOCCNC(=O)C(CC)(CC)C(N)=S. The molecule has 0 aromatic heterocycles. The van der Waals surface area contributed by atoms with Gasteiger partial charge < -0.3 is 15.8 Å². The van der Waals surface area contributed by atoms with E-state index in [0.717, 1.165) is 19.4 Å². The maximum atomic E-state index is 12.1. The molecule has 0 saturated heterocycles. The van der Waals surface area contributed by atoms with Crippen LogP contribution in [0.25, 0.3) is 0 Å². The van der Waals surface area contributed by atoms with Gasteiger partial charge in [0, 0.05) is 13.2 Å². The molecule has 3 N–H and O–H groups in total. The van der Waals surface area contributed by atoms with Crippen LogP contribution >= 0.6 is 12.2 Å². The molecular formula is C13H26N2O2S. The van der Waals surface area contributed by atoms with Crippen LogP contribution in [0.1, 0.15) is 46.5 Å². The number of carbonyl (C=O) groups excluding carboxylic acids is 1. The molecular weight excluding hydrogens is 248 g/mol. The molecule has 0 unspecified atom stereocenters. The molecule has 0 aliphatic heterocycles. The number of carbonyl (C=O) groups is 1. The summed E-state index contributed by atoms with van der Waals surface area (Å²) in [5, 5.41) is 2.85. The average molecular weight is 274 g/mol. The number of amides is 1. The predicted molar refractivity (Wildman–Crippen MR) is 78.5 cm³/mol. The Morgan fingerprint density at radius 2 is 1.89 bits per heavy atom. The van der Waals surface area contributed by atoms with Crippen LogP contribution in [0.5, 0.6) is 0 Å². The van der Waals surface area contributed by atoms with Crippen LogP contribution < -0.4 is 11.1 Å². The van der Waals surface area contributed by atoms with Gasteiger partial charge in [0.25, 0.3) is 0 Å². The zero-order chi connectivity index (χ0) is 14.0. The summed E-state index contributed by atoms with van der Waals surface area (Å²) in [5.41, 5.74) is 4.99. The quantitative estimate of drug-likeness (QED) is 0.472. The molecule has 0 radical (unpaired) electrons. The van der Waals surface area contributed by atoms with Crippen molar-refractivity contribution in [2.45, 2.75) is 46.5 Å². The summed E-state index contributed by atoms with van der Waals surface area (Å²) >= 11 is 5.03. The van der Waals surface area contributed by atoms with Gasteiger partial charge in [-0.3, -0.25) is 4.79 Å². The highest BCUT2D eigenvalue weighted by Gasteiger charge is 2.37. The molecule has 1 amide bonds. The fourth-order valence-electron chi connectivity index (χ4n) is 1.79. The standard InChI is InChI=1S/C13H26N2O2S/c1-4-7-9-17-10-8-15-12(16)13(5-2,6-3)11(14)18/h4-10H2,1-3H3,(H2,14,18)(H,15,16). The van der Waals surface area contributed by atoms with E-state index >= 15 is 0 Å². The summed E-state index contributed by atoms with van der Waals surface area (Å²) in [6.07, 6.45) is 3.42. The first kappa shape index (κ1) is 17.3. The Hall–Kier alpha value is -0.680. The number of nitrogens with two attached hydrogens (primary N) is 1. The number of hydrogen-bond donors (Lipinski definition) is 2. The van der Waals surface area contributed by atoms with Gasteiger partial charge >= 0.3 is 0 Å². The highest BCUT2D eigenvalue weighted by atomic mass is 32.1. The lowest BCUT2D eigenvalue weighted by atomic mass is 9.81. The lowest BCUT2D eigenvalue weighted by Gasteiger charge is -2.28. The normalized spacial score (nSPS) is 11.3. The maximum absolute atomic E-state index is 12.1. The molecule has 0 saturated carbocycles. The van der Waals surface area contributed by atoms with Gasteiger partial charge in [-0.25, -0.2) is 0 Å². The smallest absolute Gasteiger partial charge is 0.233 e. The molecule has 18 heavy (non-hydrogen) atoms. The van der Waals surface area contributed by atoms with E-state index < -0.39 is 5.41 Å². The Labute approximate surface area is 116 Å². The van der Waals surface area contributed by atoms with E-state index in [-0.39, 0.29) is 10.9 Å². The van der Waals surface area contributed by atoms with Crippen molar-refractivity contribution >= 4 is 23.1 Å². The van der Waals surface area contributed by atoms with Gasteiger partial charge in [-0.05, 0) is 19.3 Å². The minimum absolute atomic E-state index is 0.0842. The average Bonchev–Trinajstić information content (AvgIpc) is 2.35. The lowest BCUT2D eigenvalue weighted by molar-refractivity contribution is -0.128. The molecule has 0 aliphatic rings. The van der Waals surface area contributed by atoms with Crippen LogP contribution in [0.3, 0.4) is 0 Å². The molecule has 106 valence electrons. The summed E-state index contributed by atoms with van der Waals surface area (Å²) in [5.74, 6) is -0.0842. The van der Waals surface area contributed by atoms with Crippen LogP contribution in [0, 0.1) is 5.41 Å². The Balaban J connectivity index is 4.09. The third-order valence-corrected chi connectivity index (χ3v) is 3.68. The molecule has 0 fully saturated rings. The summed E-state index contributed by atoms with van der Waals surface area (Å²) in [7, 11) is 0. The van der Waals surface area contributed by atoms with E-state index in [1.165, 1.54) is 0 Å². The van der Waals surface area contributed by atoms with Gasteiger partial charge in [0.2, 0.25) is 5.91 Å². The minimum Gasteiger partial charge on any atom is -0.392 e. The minimum atomic E-state index is -0.710. The number of ether oxygens (including phenoxy) is 1. The molecule has 0 rings (SSSR count). The van der Waals surface area contributed by atoms with Gasteiger partial charge in [-0.1, -0.05) is 39.4 Å². The van der Waals surface area contributed by atoms with Crippen molar-refractivity contribution in [3.8, 4) is 0 Å². The first-order chi connectivity index (χ1) is 8.55. The predicted octanol–water partition coefficient (Wildman–Crippen LogP) is 2.01. The lowest BCUT2D eigenvalue weighted by Crippen LogP contribution is -2.48. The number of thiocarbonyl (C=S) groups is 1. The number of hydrogen-bond acceptors (Lipinski definition) is 3. The Bertz CT molecular complexity index is 266. The number of nitrogens with one attached hydrogen (secondary N) is 1. The second-order valence-electron chi connectivity index (χ2n) is 4.38. The highest BCUT2D eigenvalue weighted by molar-refractivity contribution is 7.80. The van der Waals surface area contributed by atoms with E-state index in [4.69, 9.17) is 22.7 Å². The first-order valence-corrected chi connectivity index (χ1v) is 7.11. The van der Waals surface area contributed by atoms with Crippen LogP contribution in [-0.4, -0.2) is 30.7 Å². The van der Waals surface area contributed by atoms with E-state index in [2.05, 4.69) is 12.2 Å². The van der Waals surface area contributed by atoms with Gasteiger partial charge in [-0.15, -0.1) is 0 Å². The summed E-state index contributed by atoms with van der Waals surface area (Å²) in [6.45, 7) is 7.76. The number of unbranched alkanes of at least 4 members (excludes halogenated alkanes) is 1. The van der Waals surface area contributed by atoms with Gasteiger partial charge in [0.05, 0.1) is 17.0 Å². The van der Waals surface area contributed by atoms with Crippen LogP contribution in [0.2, 0.25) is 0 Å². The molecule has 0 aliphatic carbocycles. The van der Waals surface area contributed by atoms with Crippen molar-refractivity contribution in [3.05, 3.63) is 0 Å². The topological polar surface area (TPSA) is 64.3 Å². The van der Waals surface area contributed by atoms with Crippen molar-refractivity contribution in [2.24, 2.45) is 11.1 Å². The Kier molecular flexibility index (Phi) is 8.93. The van der Waals surface area contributed by atoms with Gasteiger partial charge in [0.15, 0.2) is 0 Å². The summed E-state index contributed by atoms with van der Waals surface area (Å²) in [6, 6.07) is 0. The first-order valence-electron chi connectivity index (χ1n) is 6.71. The van der Waals surface area contributed by atoms with E-state index in [1.54, 1.807) is 0 Å². The van der Waals surface area contributed by atoms with Crippen molar-refractivity contribution in [2.75, 3.05) is 19.8 Å². The number of rotatable bonds is 10. The molecule has 0 spiro atoms. The van der Waals surface area contributed by atoms with Gasteiger partial charge in [0.1, 0.15) is 0 Å². The van der Waals surface area contributed by atoms with Crippen LogP contribution in [-0.2, 0) is 9.53 Å². The molecule has 0 aromatic rings. The third kappa shape index (κ3) is 4.90. The molecule has 0 heterocycles. The Morgan fingerprint density at radius 3 is 2.33 bits per heavy atom. The van der Waals surface area contributed by atoms with Crippen molar-refractivity contribution < 1.29 is 9.53 Å². The second kappa shape index (κ2) is 9.28. The van der Waals surface area contributed by atoms with E-state index in [9.17, 15) is 4.79 Å². The molecule has 5 heteroatoms. The second-order valence-corrected chi connectivity index (χ2v) is 4.82. The largest absolute Gasteiger partial charge is 0.392 e. The zero-order valence-electron chi connectivity index (χ0n) is 11.8. The fraction of sp³-hybridized carbons (Fsp3) is 0.846. The monoisotopic (exact) mass is 274 g/mol. The molecule has 0 aromatic carbocycles. The van der Waals surface area contributed by atoms with E-state index in [0.29, 0.717) is 26.0 Å². The maximum Gasteiger partial charge on any atom is 0.233 e. The Morgan fingerprint density at radius 1 is 1.28 bits per heavy atom. The summed E-state index contributed by atoms with van der Waals surface area (Å²) in [4.78, 5) is 12.4. The highest BCUT2D eigenvalue weighted by Crippen LogP contribution is 2.26. The van der Waals surface area contributed by atoms with Crippen molar-refractivity contribution in [3.63, 3.8) is 0 Å². The van der Waals surface area contributed by atoms with Gasteiger partial charge in [-0.2, -0.15) is 0 Å². The molecule has 4 nitrogen and oxygen atoms in total.